The van der Waals surface area contributed by atoms with Crippen LogP contribution in [0.1, 0.15) is 13.8 Å². The monoisotopic (exact) mass is 259 g/mol. The lowest BCUT2D eigenvalue weighted by Gasteiger charge is -2.29. The number of hydrogen-bond acceptors (Lipinski definition) is 3. The Hall–Kier alpha value is -0.310. The first kappa shape index (κ1) is 15.7. The van der Waals surface area contributed by atoms with E-state index in [1.165, 1.54) is 7.05 Å². The third kappa shape index (κ3) is 4.28. The molecule has 0 radical (unpaired) electrons. The summed E-state index contributed by atoms with van der Waals surface area (Å²) in [5, 5.41) is 0. The summed E-state index contributed by atoms with van der Waals surface area (Å²) < 4.78 is 49.9. The normalized spacial score (nSPS) is 13.4. The number of hydrogen-bond donors (Lipinski definition) is 1. The van der Waals surface area contributed by atoms with Crippen molar-refractivity contribution in [3.05, 3.63) is 0 Å². The van der Waals surface area contributed by atoms with Gasteiger partial charge in [-0.25, -0.2) is 8.78 Å². The quantitative estimate of drug-likeness (QED) is 0.705. The zero-order valence-corrected chi connectivity index (χ0v) is 10.5. The van der Waals surface area contributed by atoms with Crippen LogP contribution in [0, 0.1) is 0 Å². The van der Waals surface area contributed by atoms with E-state index in [4.69, 9.17) is 5.73 Å². The minimum Gasteiger partial charge on any atom is -0.329 e. The Morgan fingerprint density at radius 2 is 1.81 bits per heavy atom. The summed E-state index contributed by atoms with van der Waals surface area (Å²) in [7, 11) is -2.49. The second kappa shape index (κ2) is 6.43. The van der Waals surface area contributed by atoms with Crippen molar-refractivity contribution in [1.82, 2.24) is 8.61 Å². The van der Waals surface area contributed by atoms with Crippen LogP contribution < -0.4 is 5.73 Å². The molecule has 0 rings (SSSR count). The van der Waals surface area contributed by atoms with E-state index in [2.05, 4.69) is 0 Å². The predicted molar refractivity (Wildman–Crippen MR) is 58.5 cm³/mol. The predicted octanol–water partition coefficient (Wildman–Crippen LogP) is 0.0972. The van der Waals surface area contributed by atoms with Gasteiger partial charge in [-0.3, -0.25) is 0 Å². The molecule has 0 atom stereocenters. The third-order valence-electron chi connectivity index (χ3n) is 2.14. The van der Waals surface area contributed by atoms with Gasteiger partial charge in [-0.05, 0) is 13.8 Å². The SMILES string of the molecule is CC(C)N(C)S(=O)(=O)N(CCN)CC(F)F. The van der Waals surface area contributed by atoms with Gasteiger partial charge in [-0.2, -0.15) is 17.0 Å². The maximum absolute atomic E-state index is 12.2. The van der Waals surface area contributed by atoms with Gasteiger partial charge in [0.1, 0.15) is 0 Å². The zero-order valence-electron chi connectivity index (χ0n) is 9.73. The molecule has 0 fully saturated rings. The molecule has 0 spiro atoms. The molecule has 0 bridgehead atoms. The molecule has 0 aliphatic heterocycles. The van der Waals surface area contributed by atoms with Gasteiger partial charge in [0.25, 0.3) is 16.6 Å². The summed E-state index contributed by atoms with van der Waals surface area (Å²) in [6.45, 7) is 2.42. The molecule has 2 N–H and O–H groups in total. The summed E-state index contributed by atoms with van der Waals surface area (Å²) in [6, 6.07) is -0.289. The van der Waals surface area contributed by atoms with Gasteiger partial charge in [-0.1, -0.05) is 0 Å². The maximum atomic E-state index is 12.2. The van der Waals surface area contributed by atoms with Crippen LogP contribution in [0.5, 0.6) is 0 Å². The zero-order chi connectivity index (χ0) is 12.9. The van der Waals surface area contributed by atoms with Gasteiger partial charge in [0.15, 0.2) is 0 Å². The highest BCUT2D eigenvalue weighted by Gasteiger charge is 2.30. The second-order valence-electron chi connectivity index (χ2n) is 3.66. The van der Waals surface area contributed by atoms with Crippen LogP contribution in [-0.4, -0.2) is 56.2 Å². The lowest BCUT2D eigenvalue weighted by molar-refractivity contribution is 0.117. The van der Waals surface area contributed by atoms with Crippen molar-refractivity contribution < 1.29 is 17.2 Å². The van der Waals surface area contributed by atoms with Gasteiger partial charge in [0, 0.05) is 26.2 Å². The summed E-state index contributed by atoms with van der Waals surface area (Å²) in [4.78, 5) is 0. The highest BCUT2D eigenvalue weighted by molar-refractivity contribution is 7.86. The first-order valence-corrected chi connectivity index (χ1v) is 6.34. The molecule has 0 aliphatic rings. The highest BCUT2D eigenvalue weighted by Crippen LogP contribution is 2.11. The van der Waals surface area contributed by atoms with E-state index in [1.54, 1.807) is 13.8 Å². The van der Waals surface area contributed by atoms with E-state index < -0.39 is 23.2 Å². The summed E-state index contributed by atoms with van der Waals surface area (Å²) >= 11 is 0. The highest BCUT2D eigenvalue weighted by atomic mass is 32.2. The van der Waals surface area contributed by atoms with Crippen molar-refractivity contribution in [3.8, 4) is 0 Å². The van der Waals surface area contributed by atoms with Crippen molar-refractivity contribution in [3.63, 3.8) is 0 Å². The van der Waals surface area contributed by atoms with Gasteiger partial charge in [0.05, 0.1) is 6.54 Å². The molecule has 0 aliphatic carbocycles. The fourth-order valence-corrected chi connectivity index (χ4v) is 2.58. The standard InChI is InChI=1S/C8H19F2N3O2S/c1-7(2)12(3)16(14,15)13(5-4-11)6-8(9)10/h7-8H,4-6,11H2,1-3H3. The van der Waals surface area contributed by atoms with Crippen molar-refractivity contribution in [2.45, 2.75) is 26.3 Å². The average Bonchev–Trinajstić information content (AvgIpc) is 2.15. The molecule has 0 aromatic heterocycles. The molecule has 0 saturated carbocycles. The topological polar surface area (TPSA) is 66.6 Å². The molecule has 5 nitrogen and oxygen atoms in total. The molecule has 0 unspecified atom stereocenters. The summed E-state index contributed by atoms with van der Waals surface area (Å²) in [5.74, 6) is 0. The van der Waals surface area contributed by atoms with Gasteiger partial charge < -0.3 is 5.73 Å². The van der Waals surface area contributed by atoms with Crippen LogP contribution in [0.25, 0.3) is 0 Å². The van der Waals surface area contributed by atoms with Gasteiger partial charge in [-0.15, -0.1) is 0 Å². The Morgan fingerprint density at radius 3 is 2.12 bits per heavy atom. The molecule has 0 amide bonds. The lowest BCUT2D eigenvalue weighted by atomic mass is 10.4. The average molecular weight is 259 g/mol. The summed E-state index contributed by atoms with van der Waals surface area (Å²) in [6.07, 6.45) is -2.71. The Kier molecular flexibility index (Phi) is 6.31. The van der Waals surface area contributed by atoms with Gasteiger partial charge >= 0.3 is 0 Å². The largest absolute Gasteiger partial charge is 0.329 e. The molecule has 8 heteroatoms. The van der Waals surface area contributed by atoms with Crippen LogP contribution >= 0.6 is 0 Å². The van der Waals surface area contributed by atoms with Crippen LogP contribution in [0.15, 0.2) is 0 Å². The molecular weight excluding hydrogens is 240 g/mol. The number of nitrogens with zero attached hydrogens (tertiary/aromatic N) is 2. The maximum Gasteiger partial charge on any atom is 0.282 e. The fraction of sp³-hybridized carbons (Fsp3) is 1.00. The number of halogens is 2. The number of alkyl halides is 2. The first-order chi connectivity index (χ1) is 7.23. The van der Waals surface area contributed by atoms with Crippen molar-refractivity contribution in [2.24, 2.45) is 5.73 Å². The molecular formula is C8H19F2N3O2S. The molecule has 0 aromatic carbocycles. The van der Waals surface area contributed by atoms with Crippen LogP contribution in [0.3, 0.4) is 0 Å². The minimum absolute atomic E-state index is 0.0118. The third-order valence-corrected chi connectivity index (χ3v) is 4.27. The number of nitrogens with two attached hydrogens (primary N) is 1. The van der Waals surface area contributed by atoms with Crippen LogP contribution in [0.2, 0.25) is 0 Å². The van der Waals surface area contributed by atoms with E-state index in [9.17, 15) is 17.2 Å². The Labute approximate surface area is 95.4 Å². The molecule has 16 heavy (non-hydrogen) atoms. The van der Waals surface area contributed by atoms with Crippen molar-refractivity contribution in [2.75, 3.05) is 26.7 Å². The Balaban J connectivity index is 4.89. The first-order valence-electron chi connectivity index (χ1n) is 4.94. The van der Waals surface area contributed by atoms with Crippen LogP contribution in [-0.2, 0) is 10.2 Å². The molecule has 0 heterocycles. The Bertz CT molecular complexity index is 296. The van der Waals surface area contributed by atoms with Crippen molar-refractivity contribution >= 4 is 10.2 Å². The molecule has 0 saturated heterocycles. The van der Waals surface area contributed by atoms with Gasteiger partial charge in [0.2, 0.25) is 0 Å². The van der Waals surface area contributed by atoms with E-state index >= 15 is 0 Å². The Morgan fingerprint density at radius 1 is 1.31 bits per heavy atom. The van der Waals surface area contributed by atoms with Crippen LogP contribution in [0.4, 0.5) is 8.78 Å². The van der Waals surface area contributed by atoms with E-state index in [-0.39, 0.29) is 19.1 Å². The smallest absolute Gasteiger partial charge is 0.282 e. The van der Waals surface area contributed by atoms with Crippen molar-refractivity contribution in [1.29, 1.82) is 0 Å². The lowest BCUT2D eigenvalue weighted by Crippen LogP contribution is -2.48. The minimum atomic E-state index is -3.85. The molecule has 0 aromatic rings. The van der Waals surface area contributed by atoms with E-state index in [0.717, 1.165) is 4.31 Å². The van der Waals surface area contributed by atoms with E-state index in [1.807, 2.05) is 0 Å². The van der Waals surface area contributed by atoms with E-state index in [0.29, 0.717) is 4.31 Å². The summed E-state index contributed by atoms with van der Waals surface area (Å²) in [5.41, 5.74) is 5.21. The fourth-order valence-electron chi connectivity index (χ4n) is 1.05. The number of rotatable bonds is 7. The molecule has 98 valence electrons. The second-order valence-corrected chi connectivity index (χ2v) is 5.64.